The highest BCUT2D eigenvalue weighted by Gasteiger charge is 2.42. The quantitative estimate of drug-likeness (QED) is 0.654. The number of hydrogen-bond donors (Lipinski definition) is 1. The molecule has 0 aliphatic carbocycles. The number of carbonyl (C=O) groups is 1. The van der Waals surface area contributed by atoms with Gasteiger partial charge in [-0.05, 0) is 54.7 Å². The van der Waals surface area contributed by atoms with Crippen LogP contribution in [-0.2, 0) is 9.47 Å². The summed E-state index contributed by atoms with van der Waals surface area (Å²) in [6.45, 7) is 2.82. The first-order valence-electron chi connectivity index (χ1n) is 9.36. The first-order chi connectivity index (χ1) is 13.1. The Morgan fingerprint density at radius 1 is 1.30 bits per heavy atom. The largest absolute Gasteiger partial charge is 0.447 e. The van der Waals surface area contributed by atoms with Crippen molar-refractivity contribution in [2.24, 2.45) is 0 Å². The zero-order chi connectivity index (χ0) is 18.4. The van der Waals surface area contributed by atoms with Crippen LogP contribution in [0.4, 0.5) is 10.6 Å². The molecule has 3 fully saturated rings. The third-order valence-electron chi connectivity index (χ3n) is 5.67. The van der Waals surface area contributed by atoms with E-state index in [-0.39, 0.29) is 17.9 Å². The molecule has 10 heteroatoms. The first kappa shape index (κ1) is 17.4. The molecule has 1 amide bonds. The van der Waals surface area contributed by atoms with Gasteiger partial charge in [-0.1, -0.05) is 0 Å². The fraction of sp³-hybridized carbons (Fsp3) is 0.647. The molecule has 2 aromatic heterocycles. The summed E-state index contributed by atoms with van der Waals surface area (Å²) < 4.78 is 13.8. The van der Waals surface area contributed by atoms with Crippen LogP contribution in [-0.4, -0.2) is 57.7 Å². The van der Waals surface area contributed by atoms with Crippen molar-refractivity contribution in [2.75, 3.05) is 31.2 Å². The molecule has 9 nitrogen and oxygen atoms in total. The van der Waals surface area contributed by atoms with Gasteiger partial charge in [0, 0.05) is 19.7 Å². The fourth-order valence-electron chi connectivity index (χ4n) is 4.06. The maximum Gasteiger partial charge on any atom is 0.407 e. The predicted molar refractivity (Wildman–Crippen MR) is 106 cm³/mol. The Kier molecular flexibility index (Phi) is 4.34. The maximum atomic E-state index is 11.4. The van der Waals surface area contributed by atoms with E-state index in [0.29, 0.717) is 6.61 Å². The standard InChI is InChI=1S/C17H21IN6O3/c18-14-13-15(24(22-14)12-3-1-2-8-26-12)20-11(9-19-13)23-6-4-17(5-7-23)10-27-16(25)21-17/h9,12H,1-8,10H2,(H,21,25). The van der Waals surface area contributed by atoms with E-state index < -0.39 is 0 Å². The number of nitrogens with one attached hydrogen (secondary N) is 1. The second kappa shape index (κ2) is 6.73. The molecule has 3 aliphatic rings. The van der Waals surface area contributed by atoms with Crippen LogP contribution in [0.25, 0.3) is 11.2 Å². The third-order valence-corrected chi connectivity index (χ3v) is 6.40. The van der Waals surface area contributed by atoms with Crippen molar-refractivity contribution < 1.29 is 14.3 Å². The number of piperidine rings is 1. The van der Waals surface area contributed by atoms with Gasteiger partial charge in [-0.3, -0.25) is 0 Å². The van der Waals surface area contributed by atoms with Gasteiger partial charge in [-0.2, -0.15) is 5.10 Å². The molecule has 144 valence electrons. The van der Waals surface area contributed by atoms with Crippen LogP contribution in [0, 0.1) is 3.70 Å². The van der Waals surface area contributed by atoms with E-state index in [1.807, 2.05) is 10.9 Å². The number of amides is 1. The molecule has 27 heavy (non-hydrogen) atoms. The van der Waals surface area contributed by atoms with Gasteiger partial charge >= 0.3 is 6.09 Å². The SMILES string of the molecule is O=C1NC2(CCN(c3cnc4c(I)nn(C5CCCCO5)c4n3)CC2)CO1. The number of alkyl carbamates (subject to hydrolysis) is 1. The van der Waals surface area contributed by atoms with Gasteiger partial charge in [0.05, 0.1) is 11.7 Å². The number of fused-ring (bicyclic) bond motifs is 1. The van der Waals surface area contributed by atoms with Gasteiger partial charge in [0.25, 0.3) is 0 Å². The van der Waals surface area contributed by atoms with Gasteiger partial charge in [-0.15, -0.1) is 0 Å². The van der Waals surface area contributed by atoms with Gasteiger partial charge < -0.3 is 19.7 Å². The maximum absolute atomic E-state index is 11.4. The number of halogens is 1. The normalized spacial score (nSPS) is 25.0. The summed E-state index contributed by atoms with van der Waals surface area (Å²) in [6, 6.07) is 0. The molecule has 0 bridgehead atoms. The van der Waals surface area contributed by atoms with Crippen molar-refractivity contribution in [1.29, 1.82) is 0 Å². The number of hydrogen-bond acceptors (Lipinski definition) is 7. The van der Waals surface area contributed by atoms with E-state index in [1.54, 1.807) is 0 Å². The molecule has 5 rings (SSSR count). The molecule has 1 unspecified atom stereocenters. The van der Waals surface area contributed by atoms with Crippen LogP contribution in [0.1, 0.15) is 38.3 Å². The van der Waals surface area contributed by atoms with E-state index in [9.17, 15) is 4.79 Å². The molecule has 5 heterocycles. The second-order valence-electron chi connectivity index (χ2n) is 7.43. The van der Waals surface area contributed by atoms with Crippen molar-refractivity contribution in [3.8, 4) is 0 Å². The third kappa shape index (κ3) is 3.12. The Morgan fingerprint density at radius 3 is 2.85 bits per heavy atom. The van der Waals surface area contributed by atoms with Crippen molar-refractivity contribution >= 4 is 45.7 Å². The Morgan fingerprint density at radius 2 is 2.15 bits per heavy atom. The average Bonchev–Trinajstić information content (AvgIpc) is 3.23. The molecule has 1 N–H and O–H groups in total. The van der Waals surface area contributed by atoms with E-state index in [1.165, 1.54) is 0 Å². The molecule has 3 aliphatic heterocycles. The molecular weight excluding hydrogens is 463 g/mol. The fourth-order valence-corrected chi connectivity index (χ4v) is 4.67. The lowest BCUT2D eigenvalue weighted by molar-refractivity contribution is -0.0372. The van der Waals surface area contributed by atoms with Crippen LogP contribution < -0.4 is 10.2 Å². The Labute approximate surface area is 169 Å². The number of nitrogens with zero attached hydrogens (tertiary/aromatic N) is 5. The number of carbonyl (C=O) groups excluding carboxylic acids is 1. The van der Waals surface area contributed by atoms with E-state index in [4.69, 9.17) is 14.5 Å². The van der Waals surface area contributed by atoms with Crippen LogP contribution >= 0.6 is 22.6 Å². The molecule has 1 spiro atoms. The predicted octanol–water partition coefficient (Wildman–Crippen LogP) is 2.21. The molecule has 1 atom stereocenters. The first-order valence-corrected chi connectivity index (χ1v) is 10.4. The van der Waals surface area contributed by atoms with Crippen molar-refractivity contribution in [3.05, 3.63) is 9.90 Å². The number of aromatic nitrogens is 4. The van der Waals surface area contributed by atoms with Crippen molar-refractivity contribution in [3.63, 3.8) is 0 Å². The lowest BCUT2D eigenvalue weighted by Crippen LogP contribution is -2.52. The second-order valence-corrected chi connectivity index (χ2v) is 8.45. The zero-order valence-electron chi connectivity index (χ0n) is 14.9. The van der Waals surface area contributed by atoms with E-state index in [0.717, 1.165) is 72.5 Å². The minimum absolute atomic E-state index is 0.0650. The smallest absolute Gasteiger partial charge is 0.407 e. The Hall–Kier alpha value is -1.69. The number of anilines is 1. The summed E-state index contributed by atoms with van der Waals surface area (Å²) in [7, 11) is 0. The molecular formula is C17H21IN6O3. The monoisotopic (exact) mass is 484 g/mol. The van der Waals surface area contributed by atoms with E-state index in [2.05, 4.69) is 42.9 Å². The summed E-state index contributed by atoms with van der Waals surface area (Å²) >= 11 is 2.21. The summed E-state index contributed by atoms with van der Waals surface area (Å²) in [4.78, 5) is 23.1. The number of rotatable bonds is 2. The van der Waals surface area contributed by atoms with Crippen LogP contribution in [0.2, 0.25) is 0 Å². The average molecular weight is 484 g/mol. The molecule has 0 aromatic carbocycles. The van der Waals surface area contributed by atoms with Gasteiger partial charge in [0.2, 0.25) is 0 Å². The van der Waals surface area contributed by atoms with Crippen molar-refractivity contribution in [2.45, 2.75) is 43.9 Å². The molecule has 2 aromatic rings. The minimum Gasteiger partial charge on any atom is -0.447 e. The summed E-state index contributed by atoms with van der Waals surface area (Å²) in [5, 5.41) is 7.61. The van der Waals surface area contributed by atoms with E-state index >= 15 is 0 Å². The number of cyclic esters (lactones) is 1. The summed E-state index contributed by atoms with van der Waals surface area (Å²) in [5.74, 6) is 0.843. The molecule has 0 saturated carbocycles. The van der Waals surface area contributed by atoms with Crippen molar-refractivity contribution in [1.82, 2.24) is 25.1 Å². The van der Waals surface area contributed by atoms with Gasteiger partial charge in [0.1, 0.15) is 17.9 Å². The summed E-state index contributed by atoms with van der Waals surface area (Å²) in [5.41, 5.74) is 1.37. The topological polar surface area (TPSA) is 94.4 Å². The lowest BCUT2D eigenvalue weighted by Gasteiger charge is -2.37. The molecule has 3 saturated heterocycles. The molecule has 0 radical (unpaired) electrons. The zero-order valence-corrected chi connectivity index (χ0v) is 17.0. The number of ether oxygens (including phenoxy) is 2. The van der Waals surface area contributed by atoms with Gasteiger partial charge in [-0.25, -0.2) is 19.4 Å². The van der Waals surface area contributed by atoms with Crippen LogP contribution in [0.15, 0.2) is 6.20 Å². The van der Waals surface area contributed by atoms with Crippen LogP contribution in [0.3, 0.4) is 0 Å². The highest BCUT2D eigenvalue weighted by molar-refractivity contribution is 14.1. The summed E-state index contributed by atoms with van der Waals surface area (Å²) in [6.07, 6.45) is 6.30. The minimum atomic E-state index is -0.310. The van der Waals surface area contributed by atoms with Gasteiger partial charge in [0.15, 0.2) is 15.6 Å². The van der Waals surface area contributed by atoms with Crippen LogP contribution in [0.5, 0.6) is 0 Å². The lowest BCUT2D eigenvalue weighted by atomic mass is 9.89. The highest BCUT2D eigenvalue weighted by Crippen LogP contribution is 2.31. The Bertz CT molecular complexity index is 873. The highest BCUT2D eigenvalue weighted by atomic mass is 127. The Balaban J connectivity index is 1.40.